The maximum absolute atomic E-state index is 10.3. The zero-order valence-corrected chi connectivity index (χ0v) is 10.0. The molecule has 0 fully saturated rings. The molecule has 0 amide bonds. The predicted octanol–water partition coefficient (Wildman–Crippen LogP) is -4.51. The number of hydrogen-bond donors (Lipinski definition) is 4. The van der Waals surface area contributed by atoms with Gasteiger partial charge in [-0.05, 0) is 0 Å². The minimum Gasteiger partial charge on any atom is -1.00 e. The maximum Gasteiger partial charge on any atom is 1.00 e. The molecule has 0 aliphatic rings. The molecule has 0 saturated heterocycles. The molecule has 0 atom stereocenters. The smallest absolute Gasteiger partial charge is 1.00 e. The summed E-state index contributed by atoms with van der Waals surface area (Å²) in [5.74, 6) is -5.02. The number of carbonyl (C=O) groups is 3. The van der Waals surface area contributed by atoms with Crippen molar-refractivity contribution in [3.8, 4) is 0 Å². The molecule has 0 heterocycles. The topological polar surface area (TPSA) is 132 Å². The second kappa shape index (κ2) is 7.69. The van der Waals surface area contributed by atoms with Gasteiger partial charge in [0.05, 0.1) is 12.8 Å². The van der Waals surface area contributed by atoms with Gasteiger partial charge in [-0.2, -0.15) is 0 Å². The number of rotatable bonds is 5. The van der Waals surface area contributed by atoms with E-state index in [1.807, 2.05) is 0 Å². The maximum atomic E-state index is 10.3. The van der Waals surface area contributed by atoms with Gasteiger partial charge in [-0.1, -0.05) is 0 Å². The van der Waals surface area contributed by atoms with Crippen molar-refractivity contribution in [3.05, 3.63) is 0 Å². The Morgan fingerprint density at radius 1 is 1.00 bits per heavy atom. The van der Waals surface area contributed by atoms with Gasteiger partial charge in [-0.3, -0.25) is 9.59 Å². The summed E-state index contributed by atoms with van der Waals surface area (Å²) in [6, 6.07) is 0. The van der Waals surface area contributed by atoms with Crippen LogP contribution in [0.15, 0.2) is 0 Å². The molecule has 0 aromatic carbocycles. The summed E-state index contributed by atoms with van der Waals surface area (Å²) in [5, 5.41) is 33.8. The van der Waals surface area contributed by atoms with Crippen LogP contribution in [0.25, 0.3) is 0 Å². The van der Waals surface area contributed by atoms with Crippen molar-refractivity contribution in [1.29, 1.82) is 0 Å². The standard InChI is InChI=1S/C6H8O7.B.Na.H/c7-3(8)1-6(13,5(11)12)2-4(9)10;;;/h13H,1-2H2,(H,7,8)(H,9,10)(H,11,12);;;/q;;+1;-1. The number of aliphatic carboxylic acids is 3. The molecule has 0 rings (SSSR count). The third kappa shape index (κ3) is 7.37. The van der Waals surface area contributed by atoms with Gasteiger partial charge < -0.3 is 21.9 Å². The fourth-order valence-electron chi connectivity index (χ4n) is 0.714. The van der Waals surface area contributed by atoms with Gasteiger partial charge >= 0.3 is 47.5 Å². The van der Waals surface area contributed by atoms with E-state index in [1.165, 1.54) is 0 Å². The first-order valence-electron chi connectivity index (χ1n) is 3.17. The first-order chi connectivity index (χ1) is 5.78. The third-order valence-electron chi connectivity index (χ3n) is 1.29. The first-order valence-corrected chi connectivity index (χ1v) is 3.17. The molecule has 0 aromatic heterocycles. The number of carboxylic acids is 3. The number of carboxylic acid groups (broad SMARTS) is 3. The molecule has 0 aromatic rings. The number of aliphatic hydroxyl groups is 1. The van der Waals surface area contributed by atoms with Crippen molar-refractivity contribution in [2.75, 3.05) is 0 Å². The van der Waals surface area contributed by atoms with E-state index in [0.717, 1.165) is 0 Å². The van der Waals surface area contributed by atoms with Gasteiger partial charge in [-0.15, -0.1) is 0 Å². The van der Waals surface area contributed by atoms with Crippen LogP contribution >= 0.6 is 0 Å². The minimum atomic E-state index is -2.74. The van der Waals surface area contributed by atoms with E-state index in [1.54, 1.807) is 0 Å². The third-order valence-corrected chi connectivity index (χ3v) is 1.29. The van der Waals surface area contributed by atoms with Crippen LogP contribution < -0.4 is 29.6 Å². The van der Waals surface area contributed by atoms with Crippen molar-refractivity contribution in [2.24, 2.45) is 0 Å². The summed E-state index contributed by atoms with van der Waals surface area (Å²) in [6.45, 7) is 0. The second-order valence-corrected chi connectivity index (χ2v) is 2.48. The van der Waals surface area contributed by atoms with Crippen LogP contribution in [0.4, 0.5) is 0 Å². The van der Waals surface area contributed by atoms with Gasteiger partial charge in [0.15, 0.2) is 5.60 Å². The van der Waals surface area contributed by atoms with Crippen molar-refractivity contribution in [3.63, 3.8) is 0 Å². The monoisotopic (exact) mass is 227 g/mol. The quantitative estimate of drug-likeness (QED) is 0.348. The number of hydrogen-bond acceptors (Lipinski definition) is 4. The van der Waals surface area contributed by atoms with Gasteiger partial charge in [-0.25, -0.2) is 4.79 Å². The van der Waals surface area contributed by atoms with E-state index in [4.69, 9.17) is 20.4 Å². The molecular weight excluding hydrogens is 218 g/mol. The van der Waals surface area contributed by atoms with E-state index < -0.39 is 36.4 Å². The SMILES string of the molecule is O=C(O)CC(O)(CC(=O)O)C(=O)O.[B].[H-].[Na+]. The Bertz CT molecular complexity index is 243. The molecule has 4 N–H and O–H groups in total. The predicted molar refractivity (Wildman–Crippen MR) is 44.0 cm³/mol. The molecule has 0 unspecified atom stereocenters. The van der Waals surface area contributed by atoms with Crippen molar-refractivity contribution in [2.45, 2.75) is 18.4 Å². The molecule has 79 valence electrons. The van der Waals surface area contributed by atoms with Crippen LogP contribution in [0.1, 0.15) is 14.3 Å². The molecule has 7 nitrogen and oxygen atoms in total. The van der Waals surface area contributed by atoms with Gasteiger partial charge in [0, 0.05) is 8.41 Å². The van der Waals surface area contributed by atoms with Crippen LogP contribution in [-0.4, -0.2) is 52.3 Å². The molecule has 0 bridgehead atoms. The van der Waals surface area contributed by atoms with Crippen molar-refractivity contribution < 1.29 is 65.8 Å². The Labute approximate surface area is 110 Å². The molecule has 0 saturated carbocycles. The summed E-state index contributed by atoms with van der Waals surface area (Å²) < 4.78 is 0. The molecule has 9 heteroatoms. The summed E-state index contributed by atoms with van der Waals surface area (Å²) in [5.41, 5.74) is -2.74. The van der Waals surface area contributed by atoms with E-state index in [0.29, 0.717) is 0 Å². The summed E-state index contributed by atoms with van der Waals surface area (Å²) in [7, 11) is 0. The largest absolute Gasteiger partial charge is 1.00 e. The van der Waals surface area contributed by atoms with Crippen molar-refractivity contribution >= 4 is 26.3 Å². The van der Waals surface area contributed by atoms with Crippen molar-refractivity contribution in [1.82, 2.24) is 0 Å². The van der Waals surface area contributed by atoms with Crippen LogP contribution in [0.2, 0.25) is 0 Å². The van der Waals surface area contributed by atoms with Gasteiger partial charge in [0.25, 0.3) is 0 Å². The normalized spacial score (nSPS) is 9.40. The molecule has 0 aliphatic heterocycles. The Balaban J connectivity index is -0.000000240. The van der Waals surface area contributed by atoms with Crippen LogP contribution in [0, 0.1) is 0 Å². The molecular formula is C6H9BNaO7. The Morgan fingerprint density at radius 2 is 1.27 bits per heavy atom. The van der Waals surface area contributed by atoms with E-state index in [2.05, 4.69) is 0 Å². The zero-order valence-electron chi connectivity index (χ0n) is 9.01. The van der Waals surface area contributed by atoms with Gasteiger partial charge in [0.2, 0.25) is 0 Å². The average molecular weight is 227 g/mol. The molecule has 15 heavy (non-hydrogen) atoms. The van der Waals surface area contributed by atoms with E-state index in [9.17, 15) is 14.4 Å². The van der Waals surface area contributed by atoms with Crippen LogP contribution in [-0.2, 0) is 14.4 Å². The molecule has 0 aliphatic carbocycles. The summed E-state index contributed by atoms with van der Waals surface area (Å²) in [6.07, 6.45) is -2.29. The Kier molecular flexibility index (Phi) is 10.2. The summed E-state index contributed by atoms with van der Waals surface area (Å²) >= 11 is 0. The Morgan fingerprint density at radius 3 is 1.40 bits per heavy atom. The van der Waals surface area contributed by atoms with E-state index >= 15 is 0 Å². The fraction of sp³-hybridized carbons (Fsp3) is 0.500. The second-order valence-electron chi connectivity index (χ2n) is 2.48. The zero-order chi connectivity index (χ0) is 10.6. The molecule has 3 radical (unpaired) electrons. The van der Waals surface area contributed by atoms with E-state index in [-0.39, 0.29) is 39.4 Å². The molecule has 0 spiro atoms. The fourth-order valence-corrected chi connectivity index (χ4v) is 0.714. The summed E-state index contributed by atoms with van der Waals surface area (Å²) in [4.78, 5) is 30.5. The average Bonchev–Trinajstić information content (AvgIpc) is 1.82. The first kappa shape index (κ1) is 19.9. The van der Waals surface area contributed by atoms with Gasteiger partial charge in [0.1, 0.15) is 0 Å². The van der Waals surface area contributed by atoms with Crippen LogP contribution in [0.5, 0.6) is 0 Å². The Hall–Kier alpha value is -0.565. The minimum absolute atomic E-state index is 0. The van der Waals surface area contributed by atoms with Crippen LogP contribution in [0.3, 0.4) is 0 Å².